The summed E-state index contributed by atoms with van der Waals surface area (Å²) in [5, 5.41) is 3.02. The minimum absolute atomic E-state index is 0.0394. The predicted molar refractivity (Wildman–Crippen MR) is 64.6 cm³/mol. The smallest absolute Gasteiger partial charge is 0.221 e. The van der Waals surface area contributed by atoms with Gasteiger partial charge in [0, 0.05) is 18.0 Å². The lowest BCUT2D eigenvalue weighted by atomic mass is 9.97. The number of hydrogen-bond acceptors (Lipinski definition) is 2. The molecule has 3 heteroatoms. The molecule has 1 amide bonds. The second kappa shape index (κ2) is 6.11. The fourth-order valence-electron chi connectivity index (χ4n) is 1.57. The Hall–Kier alpha value is -0.570. The second-order valence-corrected chi connectivity index (χ2v) is 5.29. The van der Waals surface area contributed by atoms with Crippen LogP contribution in [0.25, 0.3) is 0 Å². The predicted octanol–water partition coefficient (Wildman–Crippen LogP) is 2.05. The van der Waals surface area contributed by atoms with E-state index in [4.69, 9.17) is 5.73 Å². The average Bonchev–Trinajstić information content (AvgIpc) is 2.01. The first-order valence-electron chi connectivity index (χ1n) is 5.85. The minimum Gasteiger partial charge on any atom is -0.351 e. The number of rotatable bonds is 6. The molecule has 0 aromatic carbocycles. The summed E-state index contributed by atoms with van der Waals surface area (Å²) in [5.74, 6) is 0.416. The van der Waals surface area contributed by atoms with E-state index in [1.165, 1.54) is 0 Å². The largest absolute Gasteiger partial charge is 0.351 e. The van der Waals surface area contributed by atoms with Crippen LogP contribution in [-0.2, 0) is 4.79 Å². The van der Waals surface area contributed by atoms with Crippen molar-refractivity contribution >= 4 is 5.91 Å². The summed E-state index contributed by atoms with van der Waals surface area (Å²) in [7, 11) is 0. The number of nitrogens with two attached hydrogens (primary N) is 1. The molecule has 0 spiro atoms. The van der Waals surface area contributed by atoms with E-state index in [1.807, 2.05) is 13.8 Å². The van der Waals surface area contributed by atoms with Crippen LogP contribution < -0.4 is 11.1 Å². The molecule has 0 saturated carbocycles. The van der Waals surface area contributed by atoms with Crippen molar-refractivity contribution in [3.8, 4) is 0 Å². The number of carbonyl (C=O) groups excluding carboxylic acids is 1. The fourth-order valence-corrected chi connectivity index (χ4v) is 1.57. The zero-order chi connectivity index (χ0) is 12.1. The molecule has 1 unspecified atom stereocenters. The summed E-state index contributed by atoms with van der Waals surface area (Å²) in [6, 6.07) is -0.0394. The van der Waals surface area contributed by atoms with Gasteiger partial charge in [-0.25, -0.2) is 0 Å². The first kappa shape index (κ1) is 14.4. The second-order valence-electron chi connectivity index (χ2n) is 5.29. The molecular formula is C12H26N2O. The Morgan fingerprint density at radius 3 is 2.33 bits per heavy atom. The molecular weight excluding hydrogens is 188 g/mol. The van der Waals surface area contributed by atoms with Crippen molar-refractivity contribution in [3.05, 3.63) is 0 Å². The van der Waals surface area contributed by atoms with Crippen molar-refractivity contribution in [2.75, 3.05) is 0 Å². The number of hydrogen-bond donors (Lipinski definition) is 2. The van der Waals surface area contributed by atoms with Crippen molar-refractivity contribution in [1.29, 1.82) is 0 Å². The van der Waals surface area contributed by atoms with Crippen molar-refractivity contribution in [1.82, 2.24) is 5.32 Å². The standard InChI is InChI=1S/C12H26N2O/c1-6-7-12(4,5)14-11(15)8-10(13)9(2)3/h9-10H,6-8,13H2,1-5H3,(H,14,15). The molecule has 1 atom stereocenters. The summed E-state index contributed by atoms with van der Waals surface area (Å²) >= 11 is 0. The molecule has 0 fully saturated rings. The van der Waals surface area contributed by atoms with Crippen molar-refractivity contribution in [2.24, 2.45) is 11.7 Å². The van der Waals surface area contributed by atoms with Gasteiger partial charge in [0.15, 0.2) is 0 Å². The van der Waals surface area contributed by atoms with Gasteiger partial charge in [0.25, 0.3) is 0 Å². The Balaban J connectivity index is 4.03. The van der Waals surface area contributed by atoms with Crippen molar-refractivity contribution < 1.29 is 4.79 Å². The molecule has 3 N–H and O–H groups in total. The number of carbonyl (C=O) groups is 1. The lowest BCUT2D eigenvalue weighted by molar-refractivity contribution is -0.123. The number of nitrogens with one attached hydrogen (secondary N) is 1. The molecule has 0 aliphatic rings. The van der Waals surface area contributed by atoms with Crippen LogP contribution in [0.2, 0.25) is 0 Å². The average molecular weight is 214 g/mol. The zero-order valence-electron chi connectivity index (χ0n) is 10.8. The minimum atomic E-state index is -0.109. The van der Waals surface area contributed by atoms with Crippen LogP contribution >= 0.6 is 0 Å². The molecule has 0 aliphatic heterocycles. The quantitative estimate of drug-likeness (QED) is 0.711. The molecule has 0 bridgehead atoms. The van der Waals surface area contributed by atoms with E-state index in [1.54, 1.807) is 0 Å². The highest BCUT2D eigenvalue weighted by molar-refractivity contribution is 5.77. The Bertz CT molecular complexity index is 200. The van der Waals surface area contributed by atoms with Crippen LogP contribution in [0.3, 0.4) is 0 Å². The fraction of sp³-hybridized carbons (Fsp3) is 0.917. The van der Waals surface area contributed by atoms with Crippen LogP contribution in [0, 0.1) is 5.92 Å². The highest BCUT2D eigenvalue weighted by atomic mass is 16.1. The van der Waals surface area contributed by atoms with E-state index in [0.717, 1.165) is 12.8 Å². The molecule has 0 rings (SSSR count). The van der Waals surface area contributed by atoms with Gasteiger partial charge in [-0.1, -0.05) is 27.2 Å². The Kier molecular flexibility index (Phi) is 5.88. The first-order chi connectivity index (χ1) is 6.78. The summed E-state index contributed by atoms with van der Waals surface area (Å²) in [4.78, 5) is 11.7. The normalized spacial score (nSPS) is 14.1. The molecule has 90 valence electrons. The SMILES string of the molecule is CCCC(C)(C)NC(=O)CC(N)C(C)C. The van der Waals surface area contributed by atoms with E-state index in [0.29, 0.717) is 12.3 Å². The first-order valence-corrected chi connectivity index (χ1v) is 5.85. The van der Waals surface area contributed by atoms with Crippen LogP contribution in [0.5, 0.6) is 0 Å². The molecule has 0 radical (unpaired) electrons. The van der Waals surface area contributed by atoms with Crippen LogP contribution in [0.4, 0.5) is 0 Å². The van der Waals surface area contributed by atoms with Gasteiger partial charge in [0.2, 0.25) is 5.91 Å². The van der Waals surface area contributed by atoms with Crippen LogP contribution in [-0.4, -0.2) is 17.5 Å². The van der Waals surface area contributed by atoms with Gasteiger partial charge in [0.1, 0.15) is 0 Å². The van der Waals surface area contributed by atoms with Gasteiger partial charge in [-0.15, -0.1) is 0 Å². The maximum atomic E-state index is 11.7. The molecule has 0 aromatic heterocycles. The highest BCUT2D eigenvalue weighted by Crippen LogP contribution is 2.11. The van der Waals surface area contributed by atoms with Gasteiger partial charge in [0.05, 0.1) is 0 Å². The van der Waals surface area contributed by atoms with E-state index < -0.39 is 0 Å². The van der Waals surface area contributed by atoms with Crippen LogP contribution in [0.15, 0.2) is 0 Å². The lowest BCUT2D eigenvalue weighted by Crippen LogP contribution is -2.45. The summed E-state index contributed by atoms with van der Waals surface area (Å²) in [6.07, 6.45) is 2.49. The highest BCUT2D eigenvalue weighted by Gasteiger charge is 2.21. The van der Waals surface area contributed by atoms with E-state index in [-0.39, 0.29) is 17.5 Å². The topological polar surface area (TPSA) is 55.1 Å². The molecule has 3 nitrogen and oxygen atoms in total. The van der Waals surface area contributed by atoms with Gasteiger partial charge in [-0.2, -0.15) is 0 Å². The third-order valence-electron chi connectivity index (χ3n) is 2.63. The zero-order valence-corrected chi connectivity index (χ0v) is 10.8. The Morgan fingerprint density at radius 1 is 1.40 bits per heavy atom. The van der Waals surface area contributed by atoms with Crippen molar-refractivity contribution in [3.63, 3.8) is 0 Å². The molecule has 0 aliphatic carbocycles. The maximum Gasteiger partial charge on any atom is 0.221 e. The summed E-state index contributed by atoms with van der Waals surface area (Å²) in [5.41, 5.74) is 5.74. The van der Waals surface area contributed by atoms with E-state index in [9.17, 15) is 4.79 Å². The van der Waals surface area contributed by atoms with Gasteiger partial charge in [-0.05, 0) is 26.2 Å². The van der Waals surface area contributed by atoms with Gasteiger partial charge in [-0.3, -0.25) is 4.79 Å². The van der Waals surface area contributed by atoms with Crippen LogP contribution in [0.1, 0.15) is 53.9 Å². The third-order valence-corrected chi connectivity index (χ3v) is 2.63. The van der Waals surface area contributed by atoms with Gasteiger partial charge < -0.3 is 11.1 Å². The monoisotopic (exact) mass is 214 g/mol. The van der Waals surface area contributed by atoms with E-state index in [2.05, 4.69) is 26.1 Å². The summed E-state index contributed by atoms with van der Waals surface area (Å²) in [6.45, 7) is 10.3. The molecule has 0 aromatic rings. The molecule has 0 saturated heterocycles. The Labute approximate surface area is 93.8 Å². The summed E-state index contributed by atoms with van der Waals surface area (Å²) < 4.78 is 0. The van der Waals surface area contributed by atoms with E-state index >= 15 is 0 Å². The van der Waals surface area contributed by atoms with Gasteiger partial charge >= 0.3 is 0 Å². The maximum absolute atomic E-state index is 11.7. The molecule has 0 heterocycles. The Morgan fingerprint density at radius 2 is 1.93 bits per heavy atom. The third kappa shape index (κ3) is 6.50. The number of amides is 1. The van der Waals surface area contributed by atoms with Crippen molar-refractivity contribution in [2.45, 2.75) is 65.5 Å². The molecule has 15 heavy (non-hydrogen) atoms. The lowest BCUT2D eigenvalue weighted by Gasteiger charge is -2.27.